The molecule has 2 heterocycles. The van der Waals surface area contributed by atoms with Crippen molar-refractivity contribution in [3.8, 4) is 0 Å². The van der Waals surface area contributed by atoms with Gasteiger partial charge in [-0.3, -0.25) is 0 Å². The molecule has 0 amide bonds. The molecular weight excluding hydrogens is 376 g/mol. The molecule has 0 aliphatic carbocycles. The average molecular weight is 417 g/mol. The SMILES string of the molecule is C/C=C\[C@@H]1O[C@@H]2CO[Si](C(C)C)(C(C)C)O[Si](C(C)C)(C(C)C)O[C@H]2[C@@H]1O. The summed E-state index contributed by atoms with van der Waals surface area (Å²) < 4.78 is 26.8. The molecule has 2 aliphatic heterocycles. The molecule has 4 atom stereocenters. The van der Waals surface area contributed by atoms with Gasteiger partial charge in [-0.05, 0) is 29.1 Å². The molecule has 0 unspecified atom stereocenters. The van der Waals surface area contributed by atoms with E-state index in [1.807, 2.05) is 19.1 Å². The molecule has 1 N–H and O–H groups in total. The number of aliphatic hydroxyl groups is 1. The third-order valence-corrected chi connectivity index (χ3v) is 16.3. The van der Waals surface area contributed by atoms with Gasteiger partial charge in [0.2, 0.25) is 0 Å². The van der Waals surface area contributed by atoms with Crippen LogP contribution in [0.1, 0.15) is 62.3 Å². The number of hydrogen-bond acceptors (Lipinski definition) is 5. The Morgan fingerprint density at radius 3 is 1.85 bits per heavy atom. The Kier molecular flexibility index (Phi) is 7.56. The summed E-state index contributed by atoms with van der Waals surface area (Å²) in [6, 6.07) is 0. The highest BCUT2D eigenvalue weighted by molar-refractivity contribution is 6.83. The molecule has 0 saturated carbocycles. The van der Waals surface area contributed by atoms with Crippen LogP contribution in [0.4, 0.5) is 0 Å². The highest BCUT2D eigenvalue weighted by atomic mass is 28.5. The fourth-order valence-corrected chi connectivity index (χ4v) is 15.7. The number of allylic oxidation sites excluding steroid dienone is 1. The smallest absolute Gasteiger partial charge is 0.335 e. The highest BCUT2D eigenvalue weighted by Gasteiger charge is 2.61. The number of rotatable bonds is 5. The summed E-state index contributed by atoms with van der Waals surface area (Å²) >= 11 is 0. The first kappa shape index (κ1) is 23.3. The van der Waals surface area contributed by atoms with Gasteiger partial charge in [0, 0.05) is 0 Å². The highest BCUT2D eigenvalue weighted by Crippen LogP contribution is 2.47. The molecular formula is C20H40O5Si2. The van der Waals surface area contributed by atoms with Crippen LogP contribution in [0.25, 0.3) is 0 Å². The molecule has 2 saturated heterocycles. The van der Waals surface area contributed by atoms with Crippen LogP contribution in [-0.2, 0) is 17.7 Å². The van der Waals surface area contributed by atoms with Crippen molar-refractivity contribution in [2.75, 3.05) is 6.61 Å². The molecule has 27 heavy (non-hydrogen) atoms. The van der Waals surface area contributed by atoms with Crippen molar-refractivity contribution < 1.29 is 22.8 Å². The van der Waals surface area contributed by atoms with Crippen LogP contribution in [0.2, 0.25) is 22.2 Å². The molecule has 2 rings (SSSR count). The minimum absolute atomic E-state index is 0.247. The lowest BCUT2D eigenvalue weighted by atomic mass is 10.1. The topological polar surface area (TPSA) is 57.2 Å². The summed E-state index contributed by atoms with van der Waals surface area (Å²) in [7, 11) is -5.23. The molecule has 0 aromatic rings. The van der Waals surface area contributed by atoms with E-state index in [2.05, 4.69) is 55.4 Å². The minimum atomic E-state index is -2.69. The monoisotopic (exact) mass is 416 g/mol. The van der Waals surface area contributed by atoms with Gasteiger partial charge < -0.3 is 22.8 Å². The van der Waals surface area contributed by atoms with Crippen molar-refractivity contribution in [3.63, 3.8) is 0 Å². The Morgan fingerprint density at radius 2 is 1.41 bits per heavy atom. The van der Waals surface area contributed by atoms with Gasteiger partial charge in [-0.1, -0.05) is 67.5 Å². The van der Waals surface area contributed by atoms with Gasteiger partial charge in [0.1, 0.15) is 24.4 Å². The van der Waals surface area contributed by atoms with Crippen molar-refractivity contribution >= 4 is 17.1 Å². The summed E-state index contributed by atoms with van der Waals surface area (Å²) in [6.45, 7) is 19.9. The number of fused-ring (bicyclic) bond motifs is 1. The third-order valence-electron chi connectivity index (χ3n) is 6.09. The molecule has 158 valence electrons. The normalized spacial score (nSPS) is 33.9. The molecule has 7 heteroatoms. The van der Waals surface area contributed by atoms with Crippen LogP contribution in [0.3, 0.4) is 0 Å². The van der Waals surface area contributed by atoms with Crippen LogP contribution in [0.15, 0.2) is 12.2 Å². The van der Waals surface area contributed by atoms with Gasteiger partial charge in [-0.2, -0.15) is 0 Å². The van der Waals surface area contributed by atoms with E-state index in [4.69, 9.17) is 17.7 Å². The maximum Gasteiger partial charge on any atom is 0.335 e. The van der Waals surface area contributed by atoms with E-state index in [1.165, 1.54) is 0 Å². The number of aliphatic hydroxyl groups excluding tert-OH is 1. The Morgan fingerprint density at radius 1 is 0.889 bits per heavy atom. The lowest BCUT2D eigenvalue weighted by Gasteiger charge is -2.51. The first-order valence-corrected chi connectivity index (χ1v) is 14.4. The zero-order valence-electron chi connectivity index (χ0n) is 18.6. The van der Waals surface area contributed by atoms with Crippen LogP contribution in [0.5, 0.6) is 0 Å². The van der Waals surface area contributed by atoms with E-state index in [0.717, 1.165) is 0 Å². The van der Waals surface area contributed by atoms with Crippen LogP contribution < -0.4 is 0 Å². The van der Waals surface area contributed by atoms with E-state index in [9.17, 15) is 5.11 Å². The molecule has 0 spiro atoms. The fraction of sp³-hybridized carbons (Fsp3) is 0.900. The maximum absolute atomic E-state index is 10.9. The molecule has 0 bridgehead atoms. The first-order chi connectivity index (χ1) is 12.5. The van der Waals surface area contributed by atoms with Gasteiger partial charge in [-0.25, -0.2) is 0 Å². The second-order valence-electron chi connectivity index (χ2n) is 9.21. The lowest BCUT2D eigenvalue weighted by Crippen LogP contribution is -2.65. The van der Waals surface area contributed by atoms with E-state index >= 15 is 0 Å². The van der Waals surface area contributed by atoms with Gasteiger partial charge in [0.25, 0.3) is 0 Å². The van der Waals surface area contributed by atoms with E-state index in [1.54, 1.807) is 0 Å². The van der Waals surface area contributed by atoms with Crippen molar-refractivity contribution in [1.82, 2.24) is 0 Å². The lowest BCUT2D eigenvalue weighted by molar-refractivity contribution is -0.0337. The summed E-state index contributed by atoms with van der Waals surface area (Å²) in [6.07, 6.45) is 2.10. The largest absolute Gasteiger partial charge is 0.414 e. The average Bonchev–Trinajstić information content (AvgIpc) is 2.82. The molecule has 0 aromatic heterocycles. The Labute approximate surface area is 167 Å². The first-order valence-electron chi connectivity index (χ1n) is 10.5. The second-order valence-corrected chi connectivity index (χ2v) is 18.1. The van der Waals surface area contributed by atoms with Gasteiger partial charge in [0.15, 0.2) is 0 Å². The number of ether oxygens (including phenoxy) is 1. The van der Waals surface area contributed by atoms with E-state index in [-0.39, 0.29) is 23.3 Å². The quantitative estimate of drug-likeness (QED) is 0.522. The maximum atomic E-state index is 10.9. The van der Waals surface area contributed by atoms with Crippen LogP contribution in [-0.4, -0.2) is 53.3 Å². The Hall–Kier alpha value is -0.0262. The van der Waals surface area contributed by atoms with Crippen molar-refractivity contribution in [2.45, 2.75) is 109 Å². The molecule has 5 nitrogen and oxygen atoms in total. The van der Waals surface area contributed by atoms with Crippen molar-refractivity contribution in [1.29, 1.82) is 0 Å². The summed E-state index contributed by atoms with van der Waals surface area (Å²) in [5, 5.41) is 10.9. The zero-order chi connectivity index (χ0) is 20.6. The Bertz CT molecular complexity index is 505. The minimum Gasteiger partial charge on any atom is -0.414 e. The third kappa shape index (κ3) is 4.15. The van der Waals surface area contributed by atoms with E-state index < -0.39 is 29.3 Å². The van der Waals surface area contributed by atoms with E-state index in [0.29, 0.717) is 17.7 Å². The summed E-state index contributed by atoms with van der Waals surface area (Å²) in [5.74, 6) is 0. The molecule has 0 aromatic carbocycles. The molecule has 2 fully saturated rings. The van der Waals surface area contributed by atoms with Crippen LogP contribution >= 0.6 is 0 Å². The fourth-order valence-electron chi connectivity index (χ4n) is 4.53. The van der Waals surface area contributed by atoms with Gasteiger partial charge in [0.05, 0.1) is 6.61 Å². The standard InChI is InChI=1S/C20H40O5Si2/c1-10-11-17-19(21)20-18(23-17)12-22-26(13(2)3,14(4)5)25-27(24-20,15(6)7)16(8)9/h10-11,13-21H,12H2,1-9H3/b11-10-/t17-,18+,19+,20+/m0/s1. The predicted octanol–water partition coefficient (Wildman–Crippen LogP) is 4.65. The summed E-state index contributed by atoms with van der Waals surface area (Å²) in [5.41, 5.74) is 1.11. The second kappa shape index (κ2) is 8.77. The van der Waals surface area contributed by atoms with Crippen molar-refractivity contribution in [2.24, 2.45) is 0 Å². The van der Waals surface area contributed by atoms with Gasteiger partial charge >= 0.3 is 17.1 Å². The predicted molar refractivity (Wildman–Crippen MR) is 113 cm³/mol. The van der Waals surface area contributed by atoms with Crippen LogP contribution in [0, 0.1) is 0 Å². The van der Waals surface area contributed by atoms with Crippen molar-refractivity contribution in [3.05, 3.63) is 12.2 Å². The zero-order valence-corrected chi connectivity index (χ0v) is 20.6. The number of hydrogen-bond donors (Lipinski definition) is 1. The molecule has 0 radical (unpaired) electrons. The Balaban J connectivity index is 2.53. The van der Waals surface area contributed by atoms with Gasteiger partial charge in [-0.15, -0.1) is 0 Å². The summed E-state index contributed by atoms with van der Waals surface area (Å²) in [4.78, 5) is 0. The molecule has 2 aliphatic rings.